The maximum atomic E-state index is 13.3. The monoisotopic (exact) mass is 459 g/mol. The molecule has 3 aromatic rings. The lowest BCUT2D eigenvalue weighted by Crippen LogP contribution is -2.46. The van der Waals surface area contributed by atoms with Crippen LogP contribution >= 0.6 is 0 Å². The molecule has 0 aliphatic carbocycles. The lowest BCUT2D eigenvalue weighted by Gasteiger charge is -2.37. The molecule has 0 unspecified atom stereocenters. The summed E-state index contributed by atoms with van der Waals surface area (Å²) >= 11 is 0. The third kappa shape index (κ3) is 4.91. The molecule has 0 radical (unpaired) electrons. The van der Waals surface area contributed by atoms with E-state index in [1.54, 1.807) is 12.4 Å². The minimum Gasteiger partial charge on any atom is -0.393 e. The number of carbonyl (C=O) groups excluding carboxylic acids is 1. The molecule has 5 rings (SSSR count). The zero-order chi connectivity index (χ0) is 23.7. The predicted molar refractivity (Wildman–Crippen MR) is 135 cm³/mol. The SMILES string of the molecule is C[C@@H]1C[C@H](N)CN(c2ccncc2CC(=O)c2ccc3ccc(N4CCC(O)CC4)cc3n2)C1. The predicted octanol–water partition coefficient (Wildman–Crippen LogP) is 3.19. The van der Waals surface area contributed by atoms with E-state index in [1.807, 2.05) is 18.2 Å². The molecule has 0 spiro atoms. The molecule has 0 bridgehead atoms. The number of hydrogen-bond acceptors (Lipinski definition) is 7. The molecular formula is C27H33N5O2. The van der Waals surface area contributed by atoms with Gasteiger partial charge >= 0.3 is 0 Å². The number of nitrogens with two attached hydrogens (primary N) is 1. The van der Waals surface area contributed by atoms with Crippen molar-refractivity contribution in [2.75, 3.05) is 36.0 Å². The Balaban J connectivity index is 1.37. The second kappa shape index (κ2) is 9.68. The Morgan fingerprint density at radius 1 is 1.12 bits per heavy atom. The number of anilines is 2. The van der Waals surface area contributed by atoms with Crippen LogP contribution in [-0.2, 0) is 6.42 Å². The van der Waals surface area contributed by atoms with Gasteiger partial charge in [-0.2, -0.15) is 0 Å². The summed E-state index contributed by atoms with van der Waals surface area (Å²) in [6.45, 7) is 5.60. The molecule has 0 saturated carbocycles. The Kier molecular flexibility index (Phi) is 6.48. The van der Waals surface area contributed by atoms with Crippen LogP contribution in [0.5, 0.6) is 0 Å². The average molecular weight is 460 g/mol. The number of hydrogen-bond donors (Lipinski definition) is 2. The molecule has 4 heterocycles. The minimum atomic E-state index is -0.208. The van der Waals surface area contributed by atoms with E-state index in [4.69, 9.17) is 10.7 Å². The lowest BCUT2D eigenvalue weighted by molar-refractivity contribution is 0.0988. The quantitative estimate of drug-likeness (QED) is 0.566. The molecule has 0 amide bonds. The summed E-state index contributed by atoms with van der Waals surface area (Å²) in [6.07, 6.45) is 6.20. The van der Waals surface area contributed by atoms with Crippen LogP contribution in [0.3, 0.4) is 0 Å². The van der Waals surface area contributed by atoms with Crippen molar-refractivity contribution in [3.63, 3.8) is 0 Å². The number of carbonyl (C=O) groups is 1. The minimum absolute atomic E-state index is 0.0167. The maximum Gasteiger partial charge on any atom is 0.185 e. The molecule has 34 heavy (non-hydrogen) atoms. The highest BCUT2D eigenvalue weighted by molar-refractivity contribution is 5.98. The third-order valence-electron chi connectivity index (χ3n) is 7.05. The van der Waals surface area contributed by atoms with E-state index in [2.05, 4.69) is 39.9 Å². The van der Waals surface area contributed by atoms with Crippen molar-refractivity contribution >= 4 is 28.1 Å². The fourth-order valence-corrected chi connectivity index (χ4v) is 5.31. The number of piperidine rings is 2. The van der Waals surface area contributed by atoms with Gasteiger partial charge in [0.15, 0.2) is 5.78 Å². The summed E-state index contributed by atoms with van der Waals surface area (Å²) < 4.78 is 0. The maximum absolute atomic E-state index is 13.3. The lowest BCUT2D eigenvalue weighted by atomic mass is 9.95. The van der Waals surface area contributed by atoms with Crippen molar-refractivity contribution in [2.24, 2.45) is 11.7 Å². The number of benzene rings is 1. The van der Waals surface area contributed by atoms with Gasteiger partial charge in [-0.05, 0) is 49.4 Å². The van der Waals surface area contributed by atoms with E-state index in [-0.39, 0.29) is 24.3 Å². The second-order valence-electron chi connectivity index (χ2n) is 9.90. The fraction of sp³-hybridized carbons (Fsp3) is 0.444. The van der Waals surface area contributed by atoms with Gasteiger partial charge in [-0.1, -0.05) is 19.1 Å². The highest BCUT2D eigenvalue weighted by Crippen LogP contribution is 2.27. The third-order valence-corrected chi connectivity index (χ3v) is 7.05. The molecule has 3 N–H and O–H groups in total. The topological polar surface area (TPSA) is 95.6 Å². The van der Waals surface area contributed by atoms with Crippen molar-refractivity contribution in [3.05, 3.63) is 60.0 Å². The van der Waals surface area contributed by atoms with E-state index in [9.17, 15) is 9.90 Å². The Labute approximate surface area is 200 Å². The first kappa shape index (κ1) is 22.7. The molecule has 2 saturated heterocycles. The highest BCUT2D eigenvalue weighted by atomic mass is 16.3. The van der Waals surface area contributed by atoms with Crippen LogP contribution < -0.4 is 15.5 Å². The Bertz CT molecular complexity index is 1160. The van der Waals surface area contributed by atoms with Crippen molar-refractivity contribution in [1.29, 1.82) is 0 Å². The van der Waals surface area contributed by atoms with Crippen LogP contribution in [0.4, 0.5) is 11.4 Å². The summed E-state index contributed by atoms with van der Waals surface area (Å²) in [7, 11) is 0. The van der Waals surface area contributed by atoms with Crippen molar-refractivity contribution < 1.29 is 9.90 Å². The van der Waals surface area contributed by atoms with Crippen molar-refractivity contribution in [1.82, 2.24) is 9.97 Å². The number of fused-ring (bicyclic) bond motifs is 1. The zero-order valence-corrected chi connectivity index (χ0v) is 19.7. The van der Waals surface area contributed by atoms with E-state index < -0.39 is 0 Å². The van der Waals surface area contributed by atoms with Crippen LogP contribution in [0.25, 0.3) is 10.9 Å². The molecule has 2 aliphatic rings. The van der Waals surface area contributed by atoms with E-state index in [1.165, 1.54) is 0 Å². The molecular weight excluding hydrogens is 426 g/mol. The van der Waals surface area contributed by atoms with Crippen LogP contribution in [0.15, 0.2) is 48.8 Å². The molecule has 7 heteroatoms. The molecule has 7 nitrogen and oxygen atoms in total. The molecule has 2 atom stereocenters. The average Bonchev–Trinajstić information content (AvgIpc) is 2.83. The standard InChI is InChI=1S/C27H33N5O2/c1-18-12-21(28)17-32(16-18)26-6-9-29-15-20(26)13-27(34)24-5-3-19-2-4-22(14-25(19)30-24)31-10-7-23(33)8-11-31/h2-6,9,14-15,18,21,23,33H,7-8,10-13,16-17,28H2,1H3/t18-,21+/m1/s1. The van der Waals surface area contributed by atoms with Gasteiger partial charge in [0, 0.05) is 73.4 Å². The number of pyridine rings is 2. The summed E-state index contributed by atoms with van der Waals surface area (Å²) in [4.78, 5) is 26.9. The molecule has 2 aliphatic heterocycles. The van der Waals surface area contributed by atoms with Gasteiger partial charge in [0.2, 0.25) is 0 Å². The summed E-state index contributed by atoms with van der Waals surface area (Å²) in [6, 6.07) is 12.1. The molecule has 1 aromatic carbocycles. The largest absolute Gasteiger partial charge is 0.393 e. The van der Waals surface area contributed by atoms with Gasteiger partial charge in [0.1, 0.15) is 5.69 Å². The summed E-state index contributed by atoms with van der Waals surface area (Å²) in [5, 5.41) is 10.8. The zero-order valence-electron chi connectivity index (χ0n) is 19.7. The number of aromatic nitrogens is 2. The second-order valence-corrected chi connectivity index (χ2v) is 9.90. The number of rotatable bonds is 5. The Morgan fingerprint density at radius 2 is 1.91 bits per heavy atom. The number of nitrogens with zero attached hydrogens (tertiary/aromatic N) is 4. The number of aliphatic hydroxyl groups excluding tert-OH is 1. The summed E-state index contributed by atoms with van der Waals surface area (Å²) in [5.74, 6) is 0.497. The van der Waals surface area contributed by atoms with Crippen molar-refractivity contribution in [2.45, 2.75) is 44.8 Å². The van der Waals surface area contributed by atoms with Crippen LogP contribution in [-0.4, -0.2) is 59.2 Å². The first-order chi connectivity index (χ1) is 16.5. The van der Waals surface area contributed by atoms with Crippen LogP contribution in [0, 0.1) is 5.92 Å². The number of ketones is 1. The number of Topliss-reactive ketones (excluding diaryl/α,β-unsaturated/α-hetero) is 1. The van der Waals surface area contributed by atoms with Gasteiger partial charge in [-0.3, -0.25) is 9.78 Å². The fourth-order valence-electron chi connectivity index (χ4n) is 5.31. The Morgan fingerprint density at radius 3 is 2.71 bits per heavy atom. The van der Waals surface area contributed by atoms with Gasteiger partial charge in [-0.15, -0.1) is 0 Å². The Hall–Kier alpha value is -3.03. The molecule has 178 valence electrons. The summed E-state index contributed by atoms with van der Waals surface area (Å²) in [5.41, 5.74) is 10.6. The smallest absolute Gasteiger partial charge is 0.185 e. The van der Waals surface area contributed by atoms with Gasteiger partial charge in [0.25, 0.3) is 0 Å². The normalized spacial score (nSPS) is 21.7. The van der Waals surface area contributed by atoms with Crippen LogP contribution in [0.1, 0.15) is 42.2 Å². The van der Waals surface area contributed by atoms with Crippen LogP contribution in [0.2, 0.25) is 0 Å². The van der Waals surface area contributed by atoms with Gasteiger partial charge in [0.05, 0.1) is 11.6 Å². The van der Waals surface area contributed by atoms with Gasteiger partial charge < -0.3 is 20.6 Å². The highest BCUT2D eigenvalue weighted by Gasteiger charge is 2.25. The molecule has 2 fully saturated rings. The van der Waals surface area contributed by atoms with E-state index in [0.29, 0.717) is 11.6 Å². The van der Waals surface area contributed by atoms with E-state index in [0.717, 1.165) is 73.3 Å². The van der Waals surface area contributed by atoms with Crippen molar-refractivity contribution in [3.8, 4) is 0 Å². The van der Waals surface area contributed by atoms with Gasteiger partial charge in [-0.25, -0.2) is 4.98 Å². The van der Waals surface area contributed by atoms with E-state index >= 15 is 0 Å². The molecule has 2 aromatic heterocycles. The first-order valence-corrected chi connectivity index (χ1v) is 12.3. The number of aliphatic hydroxyl groups is 1. The first-order valence-electron chi connectivity index (χ1n) is 12.3.